The molecular weight excluding hydrogens is 360 g/mol. The van der Waals surface area contributed by atoms with E-state index in [2.05, 4.69) is 52.5 Å². The van der Waals surface area contributed by atoms with Gasteiger partial charge in [0.15, 0.2) is 0 Å². The van der Waals surface area contributed by atoms with Gasteiger partial charge in [0.2, 0.25) is 0 Å². The predicted octanol–water partition coefficient (Wildman–Crippen LogP) is -1.11. The van der Waals surface area contributed by atoms with E-state index in [1.54, 1.807) is 0 Å². The predicted molar refractivity (Wildman–Crippen MR) is 69.8 cm³/mol. The summed E-state index contributed by atoms with van der Waals surface area (Å²) in [4.78, 5) is 4.03. The van der Waals surface area contributed by atoms with Crippen LogP contribution in [0, 0.1) is 11.5 Å². The van der Waals surface area contributed by atoms with Gasteiger partial charge in [-0.2, -0.15) is 11.1 Å². The molecule has 1 rings (SSSR count). The molecule has 0 radical (unpaired) electrons. The minimum atomic E-state index is 0. The van der Waals surface area contributed by atoms with Crippen LogP contribution in [0.25, 0.3) is 5.90 Å². The van der Waals surface area contributed by atoms with Gasteiger partial charge < -0.3 is 35.5 Å². The SMILES string of the molecule is CC1=[C-]C(C)(C)C(C)=C1C.CCCCO[NH-].[Cl-].[Cl-].[Zr+4]. The summed E-state index contributed by atoms with van der Waals surface area (Å²) in [5.74, 6) is 6.21. The summed E-state index contributed by atoms with van der Waals surface area (Å²) < 4.78 is 0. The topological polar surface area (TPSA) is 33.0 Å². The van der Waals surface area contributed by atoms with Gasteiger partial charge in [-0.15, -0.1) is 6.92 Å². The first-order chi connectivity index (χ1) is 7.36. The number of halogens is 2. The van der Waals surface area contributed by atoms with E-state index in [1.807, 2.05) is 0 Å². The molecule has 0 aromatic heterocycles. The van der Waals surface area contributed by atoms with Crippen molar-refractivity contribution in [2.75, 3.05) is 6.61 Å². The Morgan fingerprint density at radius 1 is 1.16 bits per heavy atom. The molecule has 1 aliphatic carbocycles. The van der Waals surface area contributed by atoms with E-state index in [0.717, 1.165) is 12.8 Å². The maximum Gasteiger partial charge on any atom is 4.00 e. The third-order valence-electron chi connectivity index (χ3n) is 3.16. The normalized spacial score (nSPS) is 15.2. The molecule has 0 aromatic rings. The Hall–Kier alpha value is 0.863. The summed E-state index contributed by atoms with van der Waals surface area (Å²) in [5, 5.41) is 0. The molecule has 0 saturated carbocycles. The Labute approximate surface area is 150 Å². The van der Waals surface area contributed by atoms with Crippen LogP contribution in [0.1, 0.15) is 54.4 Å². The van der Waals surface area contributed by atoms with Crippen LogP contribution >= 0.6 is 0 Å². The number of nitrogens with one attached hydrogen (secondary N) is 1. The maximum atomic E-state index is 6.21. The van der Waals surface area contributed by atoms with Crippen molar-refractivity contribution in [1.29, 1.82) is 0 Å². The fourth-order valence-electron chi connectivity index (χ4n) is 1.62. The van der Waals surface area contributed by atoms with E-state index in [4.69, 9.17) is 5.90 Å². The van der Waals surface area contributed by atoms with Crippen LogP contribution < -0.4 is 24.8 Å². The van der Waals surface area contributed by atoms with Crippen molar-refractivity contribution in [3.63, 3.8) is 0 Å². The molecule has 5 heteroatoms. The van der Waals surface area contributed by atoms with Gasteiger partial charge in [-0.05, 0) is 6.42 Å². The fraction of sp³-hybridized carbons (Fsp3) is 0.714. The molecule has 0 amide bonds. The Morgan fingerprint density at radius 2 is 1.63 bits per heavy atom. The van der Waals surface area contributed by atoms with Gasteiger partial charge in [-0.1, -0.05) is 46.5 Å². The second-order valence-electron chi connectivity index (χ2n) is 4.83. The molecule has 1 aliphatic rings. The fourth-order valence-corrected chi connectivity index (χ4v) is 1.62. The molecule has 19 heavy (non-hydrogen) atoms. The molecule has 0 atom stereocenters. The second kappa shape index (κ2) is 13.8. The molecule has 0 aromatic carbocycles. The van der Waals surface area contributed by atoms with Gasteiger partial charge in [0, 0.05) is 6.61 Å². The second-order valence-corrected chi connectivity index (χ2v) is 4.83. The van der Waals surface area contributed by atoms with Crippen molar-refractivity contribution in [3.8, 4) is 0 Å². The molecular formula is C14H25Cl2NOZr. The van der Waals surface area contributed by atoms with Gasteiger partial charge in [-0.3, -0.25) is 6.08 Å². The zero-order chi connectivity index (χ0) is 12.8. The molecule has 0 saturated heterocycles. The minimum Gasteiger partial charge on any atom is -1.00 e. The number of hydrogen-bond donors (Lipinski definition) is 0. The van der Waals surface area contributed by atoms with Crippen LogP contribution in [0.5, 0.6) is 0 Å². The zero-order valence-electron chi connectivity index (χ0n) is 12.8. The van der Waals surface area contributed by atoms with Gasteiger partial charge >= 0.3 is 26.2 Å². The number of unbranched alkanes of at least 4 members (excludes halogenated alkanes) is 1. The summed E-state index contributed by atoms with van der Waals surface area (Å²) in [6.07, 6.45) is 5.55. The molecule has 0 fully saturated rings. The number of hydrogen-bond acceptors (Lipinski definition) is 1. The molecule has 0 aliphatic heterocycles. The Morgan fingerprint density at radius 3 is 1.74 bits per heavy atom. The Kier molecular flexibility index (Phi) is 20.4. The van der Waals surface area contributed by atoms with E-state index < -0.39 is 0 Å². The smallest absolute Gasteiger partial charge is 1.00 e. The first-order valence-corrected chi connectivity index (χ1v) is 5.95. The average Bonchev–Trinajstić information content (AvgIpc) is 2.40. The quantitative estimate of drug-likeness (QED) is 0.345. The molecule has 110 valence electrons. The first kappa shape index (κ1) is 28.1. The van der Waals surface area contributed by atoms with Gasteiger partial charge in [0.05, 0.1) is 0 Å². The van der Waals surface area contributed by atoms with Crippen LogP contribution in [0.3, 0.4) is 0 Å². The van der Waals surface area contributed by atoms with Crippen LogP contribution in [-0.2, 0) is 31.0 Å². The van der Waals surface area contributed by atoms with Crippen molar-refractivity contribution in [1.82, 2.24) is 0 Å². The summed E-state index contributed by atoms with van der Waals surface area (Å²) in [6, 6.07) is 0. The number of allylic oxidation sites excluding steroid dienone is 4. The van der Waals surface area contributed by atoms with Crippen LogP contribution in [0.15, 0.2) is 16.7 Å². The van der Waals surface area contributed by atoms with Crippen LogP contribution in [0.4, 0.5) is 0 Å². The third kappa shape index (κ3) is 10.3. The van der Waals surface area contributed by atoms with Crippen molar-refractivity contribution in [2.45, 2.75) is 54.4 Å². The first-order valence-electron chi connectivity index (χ1n) is 5.95. The largest absolute Gasteiger partial charge is 4.00 e. The van der Waals surface area contributed by atoms with E-state index >= 15 is 0 Å². The monoisotopic (exact) mass is 383 g/mol. The van der Waals surface area contributed by atoms with Crippen LogP contribution in [-0.4, -0.2) is 6.61 Å². The Balaban J connectivity index is -0.000000112. The summed E-state index contributed by atoms with van der Waals surface area (Å²) >= 11 is 0. The van der Waals surface area contributed by atoms with Crippen molar-refractivity contribution in [2.24, 2.45) is 5.41 Å². The summed E-state index contributed by atoms with van der Waals surface area (Å²) in [6.45, 7) is 13.6. The Bertz CT molecular complexity index is 285. The van der Waals surface area contributed by atoms with Crippen molar-refractivity contribution < 1.29 is 55.9 Å². The molecule has 0 unspecified atom stereocenters. The number of rotatable bonds is 3. The zero-order valence-corrected chi connectivity index (χ0v) is 16.8. The van der Waals surface area contributed by atoms with Gasteiger partial charge in [-0.25, -0.2) is 5.57 Å². The van der Waals surface area contributed by atoms with Crippen LogP contribution in [0.2, 0.25) is 0 Å². The minimum absolute atomic E-state index is 0. The van der Waals surface area contributed by atoms with Gasteiger partial charge in [0.25, 0.3) is 0 Å². The molecule has 1 N–H and O–H groups in total. The molecule has 2 nitrogen and oxygen atoms in total. The van der Waals surface area contributed by atoms with E-state index in [9.17, 15) is 0 Å². The maximum absolute atomic E-state index is 6.21. The van der Waals surface area contributed by atoms with Crippen molar-refractivity contribution >= 4 is 0 Å². The molecule has 0 spiro atoms. The summed E-state index contributed by atoms with van der Waals surface area (Å²) in [7, 11) is 0. The molecule has 0 heterocycles. The molecule has 0 bridgehead atoms. The third-order valence-corrected chi connectivity index (χ3v) is 3.16. The standard InChI is InChI=1S/C10H15.C4H10NO.2ClH.Zr/c1-7-6-10(4,5)9(3)8(7)2;1-2-3-4-6-5;;;/h1-5H3;5H,2-4H2,1H3;2*1H;/q2*-1;;;+4/p-2. The van der Waals surface area contributed by atoms with Gasteiger partial charge in [0.1, 0.15) is 0 Å². The van der Waals surface area contributed by atoms with E-state index in [1.165, 1.54) is 16.7 Å². The average molecular weight is 385 g/mol. The van der Waals surface area contributed by atoms with E-state index in [-0.39, 0.29) is 56.4 Å². The summed E-state index contributed by atoms with van der Waals surface area (Å²) in [5.41, 5.74) is 4.39. The van der Waals surface area contributed by atoms with Crippen molar-refractivity contribution in [3.05, 3.63) is 28.7 Å². The van der Waals surface area contributed by atoms with E-state index in [0.29, 0.717) is 6.61 Å².